The molecule has 0 N–H and O–H groups in total. The van der Waals surface area contributed by atoms with E-state index in [1.54, 1.807) is 17.5 Å². The highest BCUT2D eigenvalue weighted by atomic mass is 32.2. The number of pyridine rings is 1. The van der Waals surface area contributed by atoms with Gasteiger partial charge < -0.3 is 9.47 Å². The molecular formula is C19H17FN2O5S2. The Kier molecular flexibility index (Phi) is 5.59. The van der Waals surface area contributed by atoms with Gasteiger partial charge in [-0.25, -0.2) is 17.6 Å². The molecule has 4 rings (SSSR count). The third kappa shape index (κ3) is 3.88. The van der Waals surface area contributed by atoms with Crippen molar-refractivity contribution in [2.24, 2.45) is 0 Å². The number of thiophene rings is 1. The van der Waals surface area contributed by atoms with E-state index < -0.39 is 21.8 Å². The van der Waals surface area contributed by atoms with E-state index in [0.29, 0.717) is 29.7 Å². The normalized spacial score (nSPS) is 15.5. The first-order chi connectivity index (χ1) is 14.0. The smallest absolute Gasteiger partial charge is 0.350 e. The molecule has 0 saturated carbocycles. The number of fused-ring (bicyclic) bond motifs is 1. The van der Waals surface area contributed by atoms with Crippen molar-refractivity contribution in [3.05, 3.63) is 58.2 Å². The van der Waals surface area contributed by atoms with Gasteiger partial charge in [-0.1, -0.05) is 6.07 Å². The van der Waals surface area contributed by atoms with Crippen molar-refractivity contribution in [2.75, 3.05) is 26.3 Å². The number of nitrogens with zero attached hydrogens (tertiary/aromatic N) is 2. The third-order valence-electron chi connectivity index (χ3n) is 4.56. The van der Waals surface area contributed by atoms with Crippen molar-refractivity contribution in [1.82, 2.24) is 9.29 Å². The van der Waals surface area contributed by atoms with Crippen LogP contribution in [0.5, 0.6) is 0 Å². The number of benzene rings is 1. The second-order valence-electron chi connectivity index (χ2n) is 6.31. The number of esters is 1. The molecule has 0 aliphatic carbocycles. The summed E-state index contributed by atoms with van der Waals surface area (Å²) in [6.07, 6.45) is 1.53. The van der Waals surface area contributed by atoms with Gasteiger partial charge in [0.05, 0.1) is 18.7 Å². The summed E-state index contributed by atoms with van der Waals surface area (Å²) in [5.41, 5.74) is 0.928. The summed E-state index contributed by atoms with van der Waals surface area (Å²) in [7, 11) is -3.82. The van der Waals surface area contributed by atoms with Gasteiger partial charge in [-0.2, -0.15) is 4.31 Å². The molecule has 1 aromatic carbocycles. The van der Waals surface area contributed by atoms with Gasteiger partial charge in [-0.3, -0.25) is 4.98 Å². The molecule has 29 heavy (non-hydrogen) atoms. The summed E-state index contributed by atoms with van der Waals surface area (Å²) < 4.78 is 51.5. The van der Waals surface area contributed by atoms with E-state index in [4.69, 9.17) is 9.47 Å². The van der Waals surface area contributed by atoms with Gasteiger partial charge in [-0.15, -0.1) is 11.3 Å². The van der Waals surface area contributed by atoms with Crippen LogP contribution in [0, 0.1) is 5.82 Å². The van der Waals surface area contributed by atoms with E-state index in [9.17, 15) is 17.6 Å². The molecule has 1 saturated heterocycles. The maximum absolute atomic E-state index is 13.9. The number of halogens is 1. The van der Waals surface area contributed by atoms with Gasteiger partial charge >= 0.3 is 5.97 Å². The minimum Gasteiger partial charge on any atom is -0.457 e. The lowest BCUT2D eigenvalue weighted by atomic mass is 10.1. The zero-order valence-corrected chi connectivity index (χ0v) is 16.8. The molecular weight excluding hydrogens is 419 g/mol. The average molecular weight is 436 g/mol. The van der Waals surface area contributed by atoms with Crippen LogP contribution in [0.15, 0.2) is 46.8 Å². The van der Waals surface area contributed by atoms with Crippen LogP contribution < -0.4 is 0 Å². The number of aromatic nitrogens is 1. The predicted molar refractivity (Wildman–Crippen MR) is 105 cm³/mol. The van der Waals surface area contributed by atoms with Crippen LogP contribution in [0.1, 0.15) is 15.2 Å². The lowest BCUT2D eigenvalue weighted by molar-refractivity contribution is 0.0475. The summed E-state index contributed by atoms with van der Waals surface area (Å²) in [4.78, 5) is 16.7. The number of hydrogen-bond donors (Lipinski definition) is 0. The summed E-state index contributed by atoms with van der Waals surface area (Å²) in [6.45, 7) is 0.947. The molecule has 0 unspecified atom stereocenters. The summed E-state index contributed by atoms with van der Waals surface area (Å²) in [5.74, 6) is -1.17. The van der Waals surface area contributed by atoms with Gasteiger partial charge in [0, 0.05) is 30.2 Å². The standard InChI is InChI=1S/C19H17FN2O5S2/c20-15-4-3-13(17-14(15)2-1-6-21-17)12-27-19(23)18-16(5-11-28-18)29(24,25)22-7-9-26-10-8-22/h1-6,11H,7-10,12H2. The van der Waals surface area contributed by atoms with Gasteiger partial charge in [0.2, 0.25) is 10.0 Å². The number of rotatable bonds is 5. The summed E-state index contributed by atoms with van der Waals surface area (Å²) >= 11 is 1.00. The fraction of sp³-hybridized carbons (Fsp3) is 0.263. The van der Waals surface area contributed by atoms with E-state index in [1.165, 1.54) is 28.7 Å². The maximum atomic E-state index is 13.9. The molecule has 1 aliphatic rings. The molecule has 0 bridgehead atoms. The van der Waals surface area contributed by atoms with Crippen molar-refractivity contribution in [3.8, 4) is 0 Å². The molecule has 3 heterocycles. The zero-order chi connectivity index (χ0) is 20.4. The van der Waals surface area contributed by atoms with Crippen LogP contribution in [0.4, 0.5) is 4.39 Å². The van der Waals surface area contributed by atoms with Gasteiger partial charge in [0.25, 0.3) is 0 Å². The molecule has 152 valence electrons. The van der Waals surface area contributed by atoms with Crippen molar-refractivity contribution >= 4 is 38.2 Å². The number of carbonyl (C=O) groups is 1. The van der Waals surface area contributed by atoms with Crippen LogP contribution in [0.25, 0.3) is 10.9 Å². The second kappa shape index (κ2) is 8.15. The second-order valence-corrected chi connectivity index (χ2v) is 9.14. The first-order valence-electron chi connectivity index (χ1n) is 8.83. The van der Waals surface area contributed by atoms with E-state index >= 15 is 0 Å². The molecule has 1 aliphatic heterocycles. The Bertz CT molecular complexity index is 1160. The van der Waals surface area contributed by atoms with Crippen LogP contribution in [0.3, 0.4) is 0 Å². The Balaban J connectivity index is 1.55. The van der Waals surface area contributed by atoms with Gasteiger partial charge in [0.15, 0.2) is 0 Å². The fourth-order valence-corrected chi connectivity index (χ4v) is 5.79. The quantitative estimate of drug-likeness (QED) is 0.572. The predicted octanol–water partition coefficient (Wildman–Crippen LogP) is 2.81. The van der Waals surface area contributed by atoms with Gasteiger partial charge in [0.1, 0.15) is 22.2 Å². The lowest BCUT2D eigenvalue weighted by Gasteiger charge is -2.25. The Hall–Kier alpha value is -2.40. The molecule has 7 nitrogen and oxygen atoms in total. The zero-order valence-electron chi connectivity index (χ0n) is 15.2. The summed E-state index contributed by atoms with van der Waals surface area (Å²) in [6, 6.07) is 7.40. The molecule has 3 aromatic rings. The number of morpholine rings is 1. The van der Waals surface area contributed by atoms with Crippen molar-refractivity contribution in [2.45, 2.75) is 11.5 Å². The lowest BCUT2D eigenvalue weighted by Crippen LogP contribution is -2.40. The average Bonchev–Trinajstić information content (AvgIpc) is 3.25. The Morgan fingerprint density at radius 1 is 1.24 bits per heavy atom. The SMILES string of the molecule is O=C(OCc1ccc(F)c2cccnc12)c1sccc1S(=O)(=O)N1CCOCC1. The highest BCUT2D eigenvalue weighted by Crippen LogP contribution is 2.27. The molecule has 0 spiro atoms. The molecule has 0 atom stereocenters. The Morgan fingerprint density at radius 2 is 2.03 bits per heavy atom. The van der Waals surface area contributed by atoms with Crippen molar-refractivity contribution in [1.29, 1.82) is 0 Å². The topological polar surface area (TPSA) is 85.8 Å². The van der Waals surface area contributed by atoms with Gasteiger partial charge in [-0.05, 0) is 29.6 Å². The van der Waals surface area contributed by atoms with Crippen molar-refractivity contribution < 1.29 is 27.1 Å². The van der Waals surface area contributed by atoms with E-state index in [1.807, 2.05) is 0 Å². The minimum atomic E-state index is -3.82. The molecule has 1 fully saturated rings. The highest BCUT2D eigenvalue weighted by Gasteiger charge is 2.31. The molecule has 10 heteroatoms. The van der Waals surface area contributed by atoms with E-state index in [0.717, 1.165) is 11.3 Å². The molecule has 0 radical (unpaired) electrons. The largest absolute Gasteiger partial charge is 0.457 e. The Morgan fingerprint density at radius 3 is 2.83 bits per heavy atom. The van der Waals surface area contributed by atoms with E-state index in [2.05, 4.69) is 4.98 Å². The highest BCUT2D eigenvalue weighted by molar-refractivity contribution is 7.89. The molecule has 2 aromatic heterocycles. The number of carbonyl (C=O) groups excluding carboxylic acids is 1. The van der Waals surface area contributed by atoms with Crippen molar-refractivity contribution in [3.63, 3.8) is 0 Å². The monoisotopic (exact) mass is 436 g/mol. The number of sulfonamides is 1. The van der Waals surface area contributed by atoms with Crippen LogP contribution in [-0.2, 0) is 26.1 Å². The van der Waals surface area contributed by atoms with Crippen LogP contribution in [0.2, 0.25) is 0 Å². The number of hydrogen-bond acceptors (Lipinski definition) is 7. The third-order valence-corrected chi connectivity index (χ3v) is 7.53. The number of ether oxygens (including phenoxy) is 2. The van der Waals surface area contributed by atoms with Crippen LogP contribution in [-0.4, -0.2) is 50.0 Å². The van der Waals surface area contributed by atoms with Crippen LogP contribution >= 0.6 is 11.3 Å². The molecule has 0 amide bonds. The van der Waals surface area contributed by atoms with E-state index in [-0.39, 0.29) is 29.5 Å². The first-order valence-corrected chi connectivity index (χ1v) is 11.1. The maximum Gasteiger partial charge on any atom is 0.350 e. The summed E-state index contributed by atoms with van der Waals surface area (Å²) in [5, 5.41) is 1.87. The fourth-order valence-electron chi connectivity index (χ4n) is 3.10. The Labute approximate surface area is 170 Å². The first kappa shape index (κ1) is 19.9. The minimum absolute atomic E-state index is 0.0101.